The van der Waals surface area contributed by atoms with Crippen LogP contribution in [-0.4, -0.2) is 0 Å². The number of benzene rings is 1. The van der Waals surface area contributed by atoms with E-state index in [0.717, 1.165) is 11.5 Å². The summed E-state index contributed by atoms with van der Waals surface area (Å²) in [4.78, 5) is 0. The zero-order chi connectivity index (χ0) is 9.26. The summed E-state index contributed by atoms with van der Waals surface area (Å²) in [6, 6.07) is 8.06. The van der Waals surface area contributed by atoms with Crippen molar-refractivity contribution in [3.8, 4) is 6.07 Å². The molecule has 1 aliphatic carbocycles. The molecule has 0 aromatic heterocycles. The van der Waals surface area contributed by atoms with Crippen molar-refractivity contribution in [1.82, 2.24) is 0 Å². The van der Waals surface area contributed by atoms with Crippen LogP contribution in [0.25, 0.3) is 0 Å². The van der Waals surface area contributed by atoms with Gasteiger partial charge >= 0.3 is 0 Å². The van der Waals surface area contributed by atoms with Crippen LogP contribution >= 0.6 is 0 Å². The second-order valence-electron chi connectivity index (χ2n) is 3.37. The van der Waals surface area contributed by atoms with Crippen molar-refractivity contribution in [2.24, 2.45) is 0 Å². The standard InChI is InChI=1S/C12H10N/c1-2-9-7-11(10-3-4-10)5-6-12(9)8-13/h5-7,10H,1,3-4H2. The Kier molecular flexibility index (Phi) is 1.90. The summed E-state index contributed by atoms with van der Waals surface area (Å²) in [6.07, 6.45) is 5.36. The zero-order valence-electron chi connectivity index (χ0n) is 7.38. The van der Waals surface area contributed by atoms with Crippen molar-refractivity contribution >= 4 is 0 Å². The van der Waals surface area contributed by atoms with E-state index in [0.29, 0.717) is 5.56 Å². The molecule has 13 heavy (non-hydrogen) atoms. The van der Waals surface area contributed by atoms with E-state index < -0.39 is 0 Å². The van der Waals surface area contributed by atoms with Crippen LogP contribution in [0.2, 0.25) is 0 Å². The minimum atomic E-state index is 0.666. The first kappa shape index (κ1) is 8.07. The smallest absolute Gasteiger partial charge is 0.0998 e. The van der Waals surface area contributed by atoms with Gasteiger partial charge in [-0.3, -0.25) is 0 Å². The molecule has 1 fully saturated rings. The van der Waals surface area contributed by atoms with Gasteiger partial charge in [-0.25, -0.2) is 0 Å². The van der Waals surface area contributed by atoms with Crippen LogP contribution in [-0.2, 0) is 0 Å². The van der Waals surface area contributed by atoms with Crippen molar-refractivity contribution in [2.75, 3.05) is 0 Å². The molecular formula is C12H10N. The highest BCUT2D eigenvalue weighted by molar-refractivity contribution is 5.44. The van der Waals surface area contributed by atoms with Gasteiger partial charge < -0.3 is 0 Å². The van der Waals surface area contributed by atoms with Gasteiger partial charge in [-0.05, 0) is 48.1 Å². The van der Waals surface area contributed by atoms with Crippen LogP contribution in [0.4, 0.5) is 0 Å². The monoisotopic (exact) mass is 168 g/mol. The molecule has 1 aliphatic rings. The Balaban J connectivity index is 2.44. The number of hydrogen-bond donors (Lipinski definition) is 0. The fraction of sp³-hybridized carbons (Fsp3) is 0.250. The topological polar surface area (TPSA) is 23.8 Å². The SMILES string of the molecule is C=[C]c1cc(C2CC2)ccc1C#N. The largest absolute Gasteiger partial charge is 0.192 e. The number of nitrogens with zero attached hydrogens (tertiary/aromatic N) is 1. The lowest BCUT2D eigenvalue weighted by Crippen LogP contribution is -1.86. The second kappa shape index (κ2) is 3.06. The second-order valence-corrected chi connectivity index (χ2v) is 3.37. The number of hydrogen-bond acceptors (Lipinski definition) is 1. The zero-order valence-corrected chi connectivity index (χ0v) is 7.38. The molecule has 1 heteroatoms. The maximum Gasteiger partial charge on any atom is 0.0998 e. The summed E-state index contributed by atoms with van der Waals surface area (Å²) in [5.41, 5.74) is 2.83. The molecule has 1 aromatic rings. The molecule has 0 amide bonds. The van der Waals surface area contributed by atoms with Crippen molar-refractivity contribution in [3.63, 3.8) is 0 Å². The van der Waals surface area contributed by atoms with Crippen LogP contribution in [0.3, 0.4) is 0 Å². The summed E-state index contributed by atoms with van der Waals surface area (Å²) in [5, 5.41) is 8.78. The molecule has 0 aliphatic heterocycles. The van der Waals surface area contributed by atoms with Crippen molar-refractivity contribution < 1.29 is 0 Å². The molecule has 0 unspecified atom stereocenters. The Bertz CT molecular complexity index is 381. The molecular weight excluding hydrogens is 158 g/mol. The molecule has 1 saturated carbocycles. The summed E-state index contributed by atoms with van der Waals surface area (Å²) >= 11 is 0. The lowest BCUT2D eigenvalue weighted by molar-refractivity contribution is 1.12. The molecule has 0 heterocycles. The molecule has 1 aromatic carbocycles. The molecule has 63 valence electrons. The van der Waals surface area contributed by atoms with Gasteiger partial charge in [0, 0.05) is 0 Å². The van der Waals surface area contributed by atoms with E-state index in [1.54, 1.807) is 0 Å². The summed E-state index contributed by atoms with van der Waals surface area (Å²) < 4.78 is 0. The van der Waals surface area contributed by atoms with Gasteiger partial charge in [0.15, 0.2) is 0 Å². The fourth-order valence-corrected chi connectivity index (χ4v) is 1.48. The lowest BCUT2D eigenvalue weighted by atomic mass is 10.0. The van der Waals surface area contributed by atoms with Gasteiger partial charge in [0.1, 0.15) is 0 Å². The van der Waals surface area contributed by atoms with Gasteiger partial charge in [-0.2, -0.15) is 5.26 Å². The van der Waals surface area contributed by atoms with E-state index in [9.17, 15) is 0 Å². The Labute approximate surface area is 78.3 Å². The van der Waals surface area contributed by atoms with Crippen LogP contribution in [0.15, 0.2) is 24.8 Å². The van der Waals surface area contributed by atoms with Gasteiger partial charge in [0.2, 0.25) is 0 Å². The third-order valence-corrected chi connectivity index (χ3v) is 2.40. The van der Waals surface area contributed by atoms with Crippen LogP contribution < -0.4 is 0 Å². The molecule has 0 saturated heterocycles. The van der Waals surface area contributed by atoms with E-state index in [1.807, 2.05) is 18.2 Å². The maximum absolute atomic E-state index is 8.78. The third-order valence-electron chi connectivity index (χ3n) is 2.40. The van der Waals surface area contributed by atoms with Gasteiger partial charge in [0.05, 0.1) is 11.6 Å². The van der Waals surface area contributed by atoms with Gasteiger partial charge in [-0.15, -0.1) is 0 Å². The molecule has 0 atom stereocenters. The minimum Gasteiger partial charge on any atom is -0.192 e. The fourth-order valence-electron chi connectivity index (χ4n) is 1.48. The average Bonchev–Trinajstić information content (AvgIpc) is 3.00. The van der Waals surface area contributed by atoms with E-state index in [2.05, 4.69) is 18.7 Å². The molecule has 1 radical (unpaired) electrons. The van der Waals surface area contributed by atoms with Crippen LogP contribution in [0.1, 0.15) is 35.4 Å². The Morgan fingerprint density at radius 2 is 2.08 bits per heavy atom. The molecule has 0 bridgehead atoms. The van der Waals surface area contributed by atoms with E-state index >= 15 is 0 Å². The molecule has 0 spiro atoms. The lowest BCUT2D eigenvalue weighted by Gasteiger charge is -2.01. The molecule has 1 nitrogen and oxygen atoms in total. The van der Waals surface area contributed by atoms with Crippen molar-refractivity contribution in [2.45, 2.75) is 18.8 Å². The van der Waals surface area contributed by atoms with Crippen LogP contribution in [0, 0.1) is 17.4 Å². The highest BCUT2D eigenvalue weighted by Crippen LogP contribution is 2.40. The van der Waals surface area contributed by atoms with E-state index in [-0.39, 0.29) is 0 Å². The summed E-state index contributed by atoms with van der Waals surface area (Å²) in [7, 11) is 0. The number of nitriles is 1. The Hall–Kier alpha value is -1.55. The van der Waals surface area contributed by atoms with Gasteiger partial charge in [-0.1, -0.05) is 12.6 Å². The maximum atomic E-state index is 8.78. The predicted molar refractivity (Wildman–Crippen MR) is 51.1 cm³/mol. The highest BCUT2D eigenvalue weighted by Gasteiger charge is 2.23. The predicted octanol–water partition coefficient (Wildman–Crippen LogP) is 2.77. The Morgan fingerprint density at radius 1 is 1.31 bits per heavy atom. The first-order valence-electron chi connectivity index (χ1n) is 4.42. The average molecular weight is 168 g/mol. The minimum absolute atomic E-state index is 0.666. The first-order chi connectivity index (χ1) is 6.35. The number of rotatable bonds is 2. The van der Waals surface area contributed by atoms with E-state index in [4.69, 9.17) is 5.26 Å². The van der Waals surface area contributed by atoms with Crippen molar-refractivity contribution in [1.29, 1.82) is 5.26 Å². The highest BCUT2D eigenvalue weighted by atomic mass is 14.3. The van der Waals surface area contributed by atoms with Gasteiger partial charge in [0.25, 0.3) is 0 Å². The molecule has 0 N–H and O–H groups in total. The Morgan fingerprint density at radius 3 is 2.62 bits per heavy atom. The first-order valence-corrected chi connectivity index (χ1v) is 4.42. The quantitative estimate of drug-likeness (QED) is 0.666. The molecule has 2 rings (SSSR count). The summed E-state index contributed by atoms with van der Waals surface area (Å²) in [5.74, 6) is 0.722. The summed E-state index contributed by atoms with van der Waals surface area (Å²) in [6.45, 7) is 3.58. The van der Waals surface area contributed by atoms with Crippen LogP contribution in [0.5, 0.6) is 0 Å². The normalized spacial score (nSPS) is 15.0. The van der Waals surface area contributed by atoms with E-state index in [1.165, 1.54) is 18.4 Å². The van der Waals surface area contributed by atoms with Crippen molar-refractivity contribution in [3.05, 3.63) is 47.5 Å². The third kappa shape index (κ3) is 1.48.